The Morgan fingerprint density at radius 2 is 1.87 bits per heavy atom. The van der Waals surface area contributed by atoms with Crippen LogP contribution in [-0.2, 0) is 0 Å². The number of hydrogen-bond donors (Lipinski definition) is 1. The number of benzene rings is 1. The van der Waals surface area contributed by atoms with E-state index in [1.807, 2.05) is 32.9 Å². The highest BCUT2D eigenvalue weighted by atomic mass is 35.5. The lowest BCUT2D eigenvalue weighted by atomic mass is 10.2. The molecule has 0 radical (unpaired) electrons. The predicted molar refractivity (Wildman–Crippen MR) is 125 cm³/mol. The molecule has 1 aromatic carbocycles. The van der Waals surface area contributed by atoms with E-state index in [4.69, 9.17) is 11.6 Å². The van der Waals surface area contributed by atoms with E-state index in [2.05, 4.69) is 15.3 Å². The van der Waals surface area contributed by atoms with Crippen LogP contribution >= 0.6 is 22.9 Å². The minimum Gasteiger partial charge on any atom is -0.298 e. The number of carbonyl (C=O) groups excluding carboxylic acids is 1. The Kier molecular flexibility index (Phi) is 5.71. The molecule has 1 N–H and O–H groups in total. The lowest BCUT2D eigenvalue weighted by Gasteiger charge is -2.08. The summed E-state index contributed by atoms with van der Waals surface area (Å²) in [4.78, 5) is 35.2. The van der Waals surface area contributed by atoms with E-state index in [-0.39, 0.29) is 11.5 Å². The number of thiazole rings is 1. The molecular formula is C23H19ClN4O2S. The molecule has 0 saturated carbocycles. The van der Waals surface area contributed by atoms with Gasteiger partial charge in [0.25, 0.3) is 11.5 Å². The van der Waals surface area contributed by atoms with Crippen molar-refractivity contribution in [3.63, 3.8) is 0 Å². The number of anilines is 1. The number of hydrogen-bond acceptors (Lipinski definition) is 5. The quantitative estimate of drug-likeness (QED) is 0.464. The zero-order chi connectivity index (χ0) is 22.1. The minimum absolute atomic E-state index is 0.257. The van der Waals surface area contributed by atoms with Crippen LogP contribution in [0.4, 0.5) is 5.13 Å². The van der Waals surface area contributed by atoms with Crippen molar-refractivity contribution in [2.45, 2.75) is 20.8 Å². The first kappa shape index (κ1) is 21.0. The highest BCUT2D eigenvalue weighted by molar-refractivity contribution is 7.16. The smallest absolute Gasteiger partial charge is 0.258 e. The van der Waals surface area contributed by atoms with Crippen molar-refractivity contribution >= 4 is 34.0 Å². The number of nitrogens with one attached hydrogen (secondary N) is 1. The maximum atomic E-state index is 12.8. The molecule has 0 atom stereocenters. The molecule has 0 aliphatic rings. The molecule has 4 aromatic rings. The van der Waals surface area contributed by atoms with Gasteiger partial charge in [-0.2, -0.15) is 0 Å². The van der Waals surface area contributed by atoms with E-state index in [1.165, 1.54) is 34.2 Å². The molecule has 1 amide bonds. The number of aromatic nitrogens is 3. The van der Waals surface area contributed by atoms with Crippen LogP contribution in [0.5, 0.6) is 0 Å². The van der Waals surface area contributed by atoms with Crippen LogP contribution in [0.1, 0.15) is 26.5 Å². The Morgan fingerprint density at radius 3 is 2.61 bits per heavy atom. The summed E-state index contributed by atoms with van der Waals surface area (Å²) in [5.41, 5.74) is 4.20. The van der Waals surface area contributed by atoms with Crippen molar-refractivity contribution in [1.29, 1.82) is 0 Å². The first-order valence-corrected chi connectivity index (χ1v) is 10.7. The van der Waals surface area contributed by atoms with Crippen molar-refractivity contribution in [1.82, 2.24) is 14.5 Å². The highest BCUT2D eigenvalue weighted by Gasteiger charge is 2.15. The summed E-state index contributed by atoms with van der Waals surface area (Å²) in [6.07, 6.45) is 1.50. The Labute approximate surface area is 188 Å². The van der Waals surface area contributed by atoms with Crippen LogP contribution in [0.3, 0.4) is 0 Å². The van der Waals surface area contributed by atoms with Gasteiger partial charge in [-0.1, -0.05) is 17.7 Å². The summed E-state index contributed by atoms with van der Waals surface area (Å²) in [7, 11) is 0. The molecule has 0 aliphatic carbocycles. The zero-order valence-corrected chi connectivity index (χ0v) is 18.7. The first-order chi connectivity index (χ1) is 14.8. The topological polar surface area (TPSA) is 76.9 Å². The molecular weight excluding hydrogens is 432 g/mol. The van der Waals surface area contributed by atoms with E-state index in [0.717, 1.165) is 27.5 Å². The summed E-state index contributed by atoms with van der Waals surface area (Å²) in [5, 5.41) is 3.80. The van der Waals surface area contributed by atoms with Gasteiger partial charge in [-0.25, -0.2) is 4.98 Å². The monoisotopic (exact) mass is 450 g/mol. The molecule has 3 heterocycles. The van der Waals surface area contributed by atoms with Crippen molar-refractivity contribution < 1.29 is 4.79 Å². The summed E-state index contributed by atoms with van der Waals surface area (Å²) >= 11 is 7.42. The second-order valence-electron chi connectivity index (χ2n) is 7.15. The molecule has 31 heavy (non-hydrogen) atoms. The van der Waals surface area contributed by atoms with Gasteiger partial charge in [-0.3, -0.25) is 24.5 Å². The maximum absolute atomic E-state index is 12.8. The van der Waals surface area contributed by atoms with Crippen molar-refractivity contribution in [3.05, 3.63) is 91.8 Å². The van der Waals surface area contributed by atoms with Crippen LogP contribution in [0.2, 0.25) is 5.02 Å². The van der Waals surface area contributed by atoms with Gasteiger partial charge in [-0.15, -0.1) is 11.3 Å². The van der Waals surface area contributed by atoms with Crippen LogP contribution in [-0.4, -0.2) is 20.4 Å². The predicted octanol–water partition coefficient (Wildman–Crippen LogP) is 5.19. The molecule has 6 nitrogen and oxygen atoms in total. The third kappa shape index (κ3) is 4.57. The maximum Gasteiger partial charge on any atom is 0.258 e. The molecule has 156 valence electrons. The number of carbonyl (C=O) groups is 1. The Bertz CT molecular complexity index is 1340. The lowest BCUT2D eigenvalue weighted by Crippen LogP contribution is -2.20. The summed E-state index contributed by atoms with van der Waals surface area (Å²) in [5.74, 6) is -0.357. The molecule has 0 bridgehead atoms. The SMILES string of the molecule is Cc1cc(C)nc(-c2nc(NC(=O)c3ccc(=O)n(-c4cccc(Cl)c4)c3)sc2C)c1. The zero-order valence-electron chi connectivity index (χ0n) is 17.1. The van der Waals surface area contributed by atoms with Gasteiger partial charge < -0.3 is 0 Å². The molecule has 4 rings (SSSR count). The highest BCUT2D eigenvalue weighted by Crippen LogP contribution is 2.30. The average Bonchev–Trinajstić information content (AvgIpc) is 3.07. The molecule has 0 aliphatic heterocycles. The summed E-state index contributed by atoms with van der Waals surface area (Å²) in [6, 6.07) is 13.7. The fourth-order valence-corrected chi connectivity index (χ4v) is 4.27. The minimum atomic E-state index is -0.357. The number of halogens is 1. The molecule has 0 saturated heterocycles. The molecule has 3 aromatic heterocycles. The largest absolute Gasteiger partial charge is 0.298 e. The van der Waals surface area contributed by atoms with Gasteiger partial charge in [0.2, 0.25) is 0 Å². The van der Waals surface area contributed by atoms with Crippen molar-refractivity contribution in [2.75, 3.05) is 5.32 Å². The van der Waals surface area contributed by atoms with E-state index in [9.17, 15) is 9.59 Å². The number of aryl methyl sites for hydroxylation is 3. The third-order valence-corrected chi connectivity index (χ3v) is 5.74. The molecule has 0 fully saturated rings. The Morgan fingerprint density at radius 1 is 1.06 bits per heavy atom. The van der Waals surface area contributed by atoms with Gasteiger partial charge in [-0.05, 0) is 62.7 Å². The summed E-state index contributed by atoms with van der Waals surface area (Å²) in [6.45, 7) is 5.90. The normalized spacial score (nSPS) is 10.8. The second-order valence-corrected chi connectivity index (χ2v) is 8.79. The van der Waals surface area contributed by atoms with Crippen molar-refractivity contribution in [2.24, 2.45) is 0 Å². The fourth-order valence-electron chi connectivity index (χ4n) is 3.27. The lowest BCUT2D eigenvalue weighted by molar-refractivity contribution is 0.102. The van der Waals surface area contributed by atoms with Gasteiger partial charge in [0.1, 0.15) is 5.69 Å². The Balaban J connectivity index is 1.62. The van der Waals surface area contributed by atoms with Crippen LogP contribution < -0.4 is 10.9 Å². The number of pyridine rings is 2. The second kappa shape index (κ2) is 8.45. The third-order valence-electron chi connectivity index (χ3n) is 4.62. The van der Waals surface area contributed by atoms with Gasteiger partial charge in [0.05, 0.1) is 16.9 Å². The molecule has 0 spiro atoms. The van der Waals surface area contributed by atoms with E-state index in [0.29, 0.717) is 21.4 Å². The van der Waals surface area contributed by atoms with Crippen LogP contribution in [0.15, 0.2) is 59.5 Å². The Hall–Kier alpha value is -3.29. The average molecular weight is 451 g/mol. The van der Waals surface area contributed by atoms with Crippen LogP contribution in [0.25, 0.3) is 17.1 Å². The standard InChI is InChI=1S/C23H19ClN4O2S/c1-13-9-14(2)25-19(10-13)21-15(3)31-23(26-21)27-22(30)16-7-8-20(29)28(12-16)18-6-4-5-17(24)11-18/h4-12H,1-3H3,(H,26,27,30). The van der Waals surface area contributed by atoms with E-state index < -0.39 is 0 Å². The number of rotatable bonds is 4. The van der Waals surface area contributed by atoms with Crippen molar-refractivity contribution in [3.8, 4) is 17.1 Å². The van der Waals surface area contributed by atoms with Gasteiger partial charge in [0, 0.05) is 27.9 Å². The first-order valence-electron chi connectivity index (χ1n) is 9.53. The molecule has 8 heteroatoms. The van der Waals surface area contributed by atoms with E-state index >= 15 is 0 Å². The van der Waals surface area contributed by atoms with Crippen LogP contribution in [0, 0.1) is 20.8 Å². The van der Waals surface area contributed by atoms with E-state index in [1.54, 1.807) is 24.3 Å². The van der Waals surface area contributed by atoms with Gasteiger partial charge in [0.15, 0.2) is 5.13 Å². The fraction of sp³-hybridized carbons (Fsp3) is 0.130. The molecule has 0 unspecified atom stereocenters. The number of amides is 1. The summed E-state index contributed by atoms with van der Waals surface area (Å²) < 4.78 is 1.39. The van der Waals surface area contributed by atoms with Gasteiger partial charge >= 0.3 is 0 Å². The number of nitrogens with zero attached hydrogens (tertiary/aromatic N) is 3.